The van der Waals surface area contributed by atoms with Gasteiger partial charge in [0, 0.05) is 39.3 Å². The van der Waals surface area contributed by atoms with Crippen LogP contribution in [0.5, 0.6) is 11.5 Å². The van der Waals surface area contributed by atoms with Crippen molar-refractivity contribution in [3.63, 3.8) is 0 Å². The number of aromatic amines is 1. The summed E-state index contributed by atoms with van der Waals surface area (Å²) in [4.78, 5) is 3.32. The Kier molecular flexibility index (Phi) is 8.05. The zero-order chi connectivity index (χ0) is 23.2. The maximum atomic E-state index is 6.57. The Morgan fingerprint density at radius 2 is 1.76 bits per heavy atom. The monoisotopic (exact) mass is 502 g/mol. The smallest absolute Gasteiger partial charge is 0.180 e. The molecule has 0 aliphatic rings. The van der Waals surface area contributed by atoms with E-state index in [1.807, 2.05) is 31.2 Å². The number of hydrogen-bond donors (Lipinski definition) is 2. The lowest BCUT2D eigenvalue weighted by Crippen LogP contribution is -2.16. The molecule has 0 radical (unpaired) electrons. The molecule has 7 heteroatoms. The molecule has 0 fully saturated rings. The van der Waals surface area contributed by atoms with Crippen LogP contribution < -0.4 is 14.8 Å². The minimum absolute atomic E-state index is 0.262. The van der Waals surface area contributed by atoms with E-state index in [0.29, 0.717) is 39.7 Å². The molecule has 0 amide bonds. The van der Waals surface area contributed by atoms with Crippen LogP contribution in [0.3, 0.4) is 0 Å². The average molecular weight is 504 g/mol. The van der Waals surface area contributed by atoms with Crippen molar-refractivity contribution in [3.05, 3.63) is 92.6 Å². The third-order valence-electron chi connectivity index (χ3n) is 5.33. The lowest BCUT2D eigenvalue weighted by atomic mass is 10.1. The Labute approximate surface area is 208 Å². The Morgan fingerprint density at radius 1 is 0.909 bits per heavy atom. The molecule has 0 bridgehead atoms. The van der Waals surface area contributed by atoms with Gasteiger partial charge in [-0.15, -0.1) is 0 Å². The number of rotatable bonds is 10. The van der Waals surface area contributed by atoms with Crippen LogP contribution in [0.25, 0.3) is 10.9 Å². The normalized spacial score (nSPS) is 11.2. The van der Waals surface area contributed by atoms with Gasteiger partial charge < -0.3 is 19.8 Å². The van der Waals surface area contributed by atoms with Gasteiger partial charge in [-0.25, -0.2) is 0 Å². The number of nitrogens with one attached hydrogen (secondary N) is 2. The summed E-state index contributed by atoms with van der Waals surface area (Å²) in [6, 6.07) is 17.5. The van der Waals surface area contributed by atoms with Gasteiger partial charge in [0.05, 0.1) is 11.6 Å². The first-order valence-electron chi connectivity index (χ1n) is 10.8. The second-order valence-electron chi connectivity index (χ2n) is 7.65. The molecule has 33 heavy (non-hydrogen) atoms. The van der Waals surface area contributed by atoms with E-state index in [9.17, 15) is 0 Å². The number of benzene rings is 3. The third kappa shape index (κ3) is 5.96. The molecule has 0 aliphatic carbocycles. The van der Waals surface area contributed by atoms with Gasteiger partial charge in [-0.05, 0) is 61.3 Å². The highest BCUT2D eigenvalue weighted by atomic mass is 35.5. The largest absolute Gasteiger partial charge is 0.490 e. The average Bonchev–Trinajstić information content (AvgIpc) is 3.21. The molecular weight excluding hydrogens is 479 g/mol. The van der Waals surface area contributed by atoms with Gasteiger partial charge >= 0.3 is 0 Å². The molecule has 0 aliphatic heterocycles. The number of fused-ring (bicyclic) bond motifs is 1. The first-order chi connectivity index (χ1) is 16.0. The topological polar surface area (TPSA) is 46.3 Å². The van der Waals surface area contributed by atoms with E-state index >= 15 is 0 Å². The van der Waals surface area contributed by atoms with Crippen LogP contribution in [0.4, 0.5) is 0 Å². The number of ether oxygens (including phenoxy) is 2. The van der Waals surface area contributed by atoms with E-state index in [4.69, 9.17) is 44.3 Å². The van der Waals surface area contributed by atoms with Crippen molar-refractivity contribution >= 4 is 45.7 Å². The Morgan fingerprint density at radius 3 is 2.58 bits per heavy atom. The van der Waals surface area contributed by atoms with Crippen LogP contribution in [0.1, 0.15) is 23.6 Å². The molecule has 0 unspecified atom stereocenters. The predicted octanol–water partition coefficient (Wildman–Crippen LogP) is 7.44. The SMILES string of the molecule is CCOc1cc(CNCCc2c[nH]c3ccccc23)cc(Cl)c1OCc1ccc(Cl)cc1Cl. The first-order valence-corrected chi connectivity index (χ1v) is 12.0. The van der Waals surface area contributed by atoms with Gasteiger partial charge in [0.25, 0.3) is 0 Å². The molecular formula is C26H25Cl3N2O2. The molecule has 2 N–H and O–H groups in total. The lowest BCUT2D eigenvalue weighted by molar-refractivity contribution is 0.269. The molecule has 0 atom stereocenters. The molecule has 3 aromatic carbocycles. The summed E-state index contributed by atoms with van der Waals surface area (Å²) in [6.45, 7) is 4.21. The quantitative estimate of drug-likeness (QED) is 0.221. The summed E-state index contributed by atoms with van der Waals surface area (Å²) in [7, 11) is 0. The van der Waals surface area contributed by atoms with Crippen molar-refractivity contribution in [2.45, 2.75) is 26.5 Å². The van der Waals surface area contributed by atoms with E-state index in [2.05, 4.69) is 34.7 Å². The second-order valence-corrected chi connectivity index (χ2v) is 8.90. The molecule has 4 rings (SSSR count). The second kappa shape index (κ2) is 11.2. The van der Waals surface area contributed by atoms with Gasteiger partial charge in [0.2, 0.25) is 0 Å². The van der Waals surface area contributed by atoms with E-state index in [0.717, 1.165) is 29.6 Å². The first kappa shape index (κ1) is 23.8. The highest BCUT2D eigenvalue weighted by Gasteiger charge is 2.14. The Hall–Kier alpha value is -2.37. The van der Waals surface area contributed by atoms with Gasteiger partial charge in [0.15, 0.2) is 11.5 Å². The molecule has 4 aromatic rings. The van der Waals surface area contributed by atoms with Crippen LogP contribution >= 0.6 is 34.8 Å². The number of para-hydroxylation sites is 1. The zero-order valence-corrected chi connectivity index (χ0v) is 20.5. The molecule has 4 nitrogen and oxygen atoms in total. The van der Waals surface area contributed by atoms with Crippen LogP contribution in [0.2, 0.25) is 15.1 Å². The Balaban J connectivity index is 1.39. The summed E-state index contributed by atoms with van der Waals surface area (Å²) in [5.74, 6) is 1.12. The highest BCUT2D eigenvalue weighted by Crippen LogP contribution is 2.37. The summed E-state index contributed by atoms with van der Waals surface area (Å²) >= 11 is 18.8. The molecule has 172 valence electrons. The number of hydrogen-bond acceptors (Lipinski definition) is 3. The number of aromatic nitrogens is 1. The van der Waals surface area contributed by atoms with Crippen LogP contribution in [-0.4, -0.2) is 18.1 Å². The van der Waals surface area contributed by atoms with Crippen LogP contribution in [0.15, 0.2) is 60.8 Å². The van der Waals surface area contributed by atoms with E-state index in [1.54, 1.807) is 12.1 Å². The fraction of sp³-hybridized carbons (Fsp3) is 0.231. The predicted molar refractivity (Wildman–Crippen MR) is 137 cm³/mol. The van der Waals surface area contributed by atoms with Crippen molar-refractivity contribution in [3.8, 4) is 11.5 Å². The van der Waals surface area contributed by atoms with Crippen LogP contribution in [0, 0.1) is 0 Å². The van der Waals surface area contributed by atoms with Crippen molar-refractivity contribution in [1.82, 2.24) is 10.3 Å². The van der Waals surface area contributed by atoms with Gasteiger partial charge in [-0.1, -0.05) is 59.1 Å². The summed E-state index contributed by atoms with van der Waals surface area (Å²) in [5, 5.41) is 6.39. The number of H-pyrrole nitrogens is 1. The van der Waals surface area contributed by atoms with E-state index in [1.165, 1.54) is 10.9 Å². The summed E-state index contributed by atoms with van der Waals surface area (Å²) in [5.41, 5.74) is 4.31. The molecule has 1 aromatic heterocycles. The summed E-state index contributed by atoms with van der Waals surface area (Å²) < 4.78 is 11.8. The number of halogens is 3. The fourth-order valence-electron chi connectivity index (χ4n) is 3.71. The third-order valence-corrected chi connectivity index (χ3v) is 6.20. The molecule has 0 spiro atoms. The molecule has 0 saturated carbocycles. The fourth-order valence-corrected chi connectivity index (χ4v) is 4.46. The van der Waals surface area contributed by atoms with Gasteiger partial charge in [-0.2, -0.15) is 0 Å². The Bertz CT molecular complexity index is 1240. The van der Waals surface area contributed by atoms with E-state index < -0.39 is 0 Å². The summed E-state index contributed by atoms with van der Waals surface area (Å²) in [6.07, 6.45) is 3.01. The van der Waals surface area contributed by atoms with Crippen molar-refractivity contribution in [1.29, 1.82) is 0 Å². The van der Waals surface area contributed by atoms with Crippen LogP contribution in [-0.2, 0) is 19.6 Å². The minimum Gasteiger partial charge on any atom is -0.490 e. The van der Waals surface area contributed by atoms with Crippen molar-refractivity contribution in [2.75, 3.05) is 13.2 Å². The van der Waals surface area contributed by atoms with Crippen molar-refractivity contribution in [2.24, 2.45) is 0 Å². The maximum absolute atomic E-state index is 6.57. The minimum atomic E-state index is 0.262. The lowest BCUT2D eigenvalue weighted by Gasteiger charge is -2.16. The van der Waals surface area contributed by atoms with Gasteiger partial charge in [-0.3, -0.25) is 0 Å². The zero-order valence-electron chi connectivity index (χ0n) is 18.3. The van der Waals surface area contributed by atoms with Crippen molar-refractivity contribution < 1.29 is 9.47 Å². The molecule has 0 saturated heterocycles. The maximum Gasteiger partial charge on any atom is 0.180 e. The highest BCUT2D eigenvalue weighted by molar-refractivity contribution is 6.35. The standard InChI is InChI=1S/C26H25Cl3N2O2/c1-2-32-25-12-17(14-30-10-9-18-15-31-24-6-4-3-5-21(18)24)11-23(29)26(25)33-16-19-7-8-20(27)13-22(19)28/h3-8,11-13,15,30-31H,2,9-10,14,16H2,1H3. The van der Waals surface area contributed by atoms with E-state index in [-0.39, 0.29) is 6.61 Å². The van der Waals surface area contributed by atoms with Gasteiger partial charge in [0.1, 0.15) is 6.61 Å². The molecule has 1 heterocycles.